The summed E-state index contributed by atoms with van der Waals surface area (Å²) < 4.78 is 6.40. The summed E-state index contributed by atoms with van der Waals surface area (Å²) in [6.45, 7) is 5.54. The second-order valence-electron chi connectivity index (χ2n) is 6.12. The van der Waals surface area contributed by atoms with E-state index in [1.807, 2.05) is 0 Å². The van der Waals surface area contributed by atoms with Crippen LogP contribution in [0.25, 0.3) is 0 Å². The maximum absolute atomic E-state index is 5.35. The minimum Gasteiger partial charge on any atom is -0.496 e. The van der Waals surface area contributed by atoms with Crippen molar-refractivity contribution in [2.45, 2.75) is 52.0 Å². The fourth-order valence-electron chi connectivity index (χ4n) is 3.58. The van der Waals surface area contributed by atoms with Gasteiger partial charge in [-0.1, -0.05) is 39.2 Å². The van der Waals surface area contributed by atoms with E-state index in [9.17, 15) is 0 Å². The molecule has 1 N–H and O–H groups in total. The molecule has 1 unspecified atom stereocenters. The zero-order chi connectivity index (χ0) is 15.2. The molecule has 2 rings (SSSR count). The number of methoxy groups -OCH3 is 1. The van der Waals surface area contributed by atoms with Gasteiger partial charge in [-0.3, -0.25) is 0 Å². The van der Waals surface area contributed by atoms with Gasteiger partial charge < -0.3 is 10.1 Å². The van der Waals surface area contributed by atoms with Crippen molar-refractivity contribution in [1.29, 1.82) is 0 Å². The van der Waals surface area contributed by atoms with Gasteiger partial charge in [0.1, 0.15) is 5.75 Å². The van der Waals surface area contributed by atoms with Crippen molar-refractivity contribution in [3.63, 3.8) is 0 Å². The van der Waals surface area contributed by atoms with E-state index >= 15 is 0 Å². The second-order valence-corrected chi connectivity index (χ2v) is 6.97. The van der Waals surface area contributed by atoms with Crippen LogP contribution in [0.15, 0.2) is 22.7 Å². The summed E-state index contributed by atoms with van der Waals surface area (Å²) in [5.74, 6) is 2.61. The average Bonchev–Trinajstić information content (AvgIpc) is 2.52. The van der Waals surface area contributed by atoms with Gasteiger partial charge in [-0.25, -0.2) is 0 Å². The average molecular weight is 354 g/mol. The molecule has 118 valence electrons. The minimum absolute atomic E-state index is 0.468. The van der Waals surface area contributed by atoms with Crippen LogP contribution in [0.4, 0.5) is 0 Å². The largest absolute Gasteiger partial charge is 0.496 e. The van der Waals surface area contributed by atoms with Gasteiger partial charge in [-0.05, 0) is 64.8 Å². The van der Waals surface area contributed by atoms with Gasteiger partial charge in [0.2, 0.25) is 0 Å². The molecule has 1 aromatic rings. The Hall–Kier alpha value is -0.540. The van der Waals surface area contributed by atoms with E-state index in [4.69, 9.17) is 4.74 Å². The molecule has 0 saturated heterocycles. The number of benzene rings is 1. The number of nitrogens with one attached hydrogen (secondary N) is 1. The highest BCUT2D eigenvalue weighted by atomic mass is 79.9. The summed E-state index contributed by atoms with van der Waals surface area (Å²) in [6.07, 6.45) is 6.81. The van der Waals surface area contributed by atoms with Crippen molar-refractivity contribution >= 4 is 15.9 Å². The zero-order valence-corrected chi connectivity index (χ0v) is 15.1. The van der Waals surface area contributed by atoms with Crippen LogP contribution in [0, 0.1) is 11.8 Å². The highest BCUT2D eigenvalue weighted by molar-refractivity contribution is 9.10. The van der Waals surface area contributed by atoms with Crippen LogP contribution in [0.1, 0.15) is 57.6 Å². The molecule has 3 heteroatoms. The lowest BCUT2D eigenvalue weighted by Crippen LogP contribution is -2.31. The van der Waals surface area contributed by atoms with Crippen molar-refractivity contribution in [3.8, 4) is 5.75 Å². The molecular weight excluding hydrogens is 326 g/mol. The molecule has 0 bridgehead atoms. The molecular formula is C18H28BrNO. The summed E-state index contributed by atoms with van der Waals surface area (Å²) >= 11 is 3.62. The van der Waals surface area contributed by atoms with E-state index in [2.05, 4.69) is 53.3 Å². The van der Waals surface area contributed by atoms with Gasteiger partial charge in [0.15, 0.2) is 0 Å². The number of halogens is 1. The lowest BCUT2D eigenvalue weighted by Gasteiger charge is -2.34. The first-order chi connectivity index (χ1) is 10.2. The maximum atomic E-state index is 5.35. The van der Waals surface area contributed by atoms with Gasteiger partial charge in [0, 0.05) is 6.04 Å². The molecule has 21 heavy (non-hydrogen) atoms. The Balaban J connectivity index is 2.13. The zero-order valence-electron chi connectivity index (χ0n) is 13.5. The van der Waals surface area contributed by atoms with Gasteiger partial charge in [0.05, 0.1) is 11.6 Å². The quantitative estimate of drug-likeness (QED) is 0.746. The molecule has 0 heterocycles. The summed E-state index contributed by atoms with van der Waals surface area (Å²) in [4.78, 5) is 0. The molecule has 1 aromatic carbocycles. The molecule has 0 radical (unpaired) electrons. The Morgan fingerprint density at radius 3 is 2.48 bits per heavy atom. The van der Waals surface area contributed by atoms with Crippen molar-refractivity contribution in [1.82, 2.24) is 5.32 Å². The second kappa shape index (κ2) is 8.19. The fourth-order valence-corrected chi connectivity index (χ4v) is 4.14. The topological polar surface area (TPSA) is 21.3 Å². The first kappa shape index (κ1) is 16.8. The van der Waals surface area contributed by atoms with Gasteiger partial charge in [-0.2, -0.15) is 0 Å². The van der Waals surface area contributed by atoms with E-state index in [-0.39, 0.29) is 0 Å². The molecule has 2 nitrogen and oxygen atoms in total. The van der Waals surface area contributed by atoms with Crippen LogP contribution in [0.3, 0.4) is 0 Å². The van der Waals surface area contributed by atoms with Crippen molar-refractivity contribution < 1.29 is 4.74 Å². The predicted molar refractivity (Wildman–Crippen MR) is 92.9 cm³/mol. The number of hydrogen-bond acceptors (Lipinski definition) is 2. The Morgan fingerprint density at radius 2 is 1.95 bits per heavy atom. The van der Waals surface area contributed by atoms with E-state index in [1.165, 1.54) is 37.7 Å². The van der Waals surface area contributed by atoms with Gasteiger partial charge in [0.25, 0.3) is 0 Å². The first-order valence-electron chi connectivity index (χ1n) is 8.26. The van der Waals surface area contributed by atoms with E-state index in [1.54, 1.807) is 7.11 Å². The monoisotopic (exact) mass is 353 g/mol. The molecule has 1 aliphatic carbocycles. The summed E-state index contributed by atoms with van der Waals surface area (Å²) in [5.41, 5.74) is 1.38. The van der Waals surface area contributed by atoms with Crippen LogP contribution < -0.4 is 10.1 Å². The number of hydrogen-bond donors (Lipinski definition) is 1. The van der Waals surface area contributed by atoms with Crippen LogP contribution in [0.2, 0.25) is 0 Å². The molecule has 1 saturated carbocycles. The van der Waals surface area contributed by atoms with Crippen LogP contribution >= 0.6 is 15.9 Å². The summed E-state index contributed by atoms with van der Waals surface area (Å²) in [7, 11) is 1.72. The Kier molecular flexibility index (Phi) is 6.56. The molecule has 1 atom stereocenters. The lowest BCUT2D eigenvalue weighted by molar-refractivity contribution is 0.220. The van der Waals surface area contributed by atoms with Crippen LogP contribution in [0.5, 0.6) is 5.75 Å². The third-order valence-corrected chi connectivity index (χ3v) is 5.52. The van der Waals surface area contributed by atoms with E-state index in [0.717, 1.165) is 28.6 Å². The first-order valence-corrected chi connectivity index (χ1v) is 9.05. The molecule has 0 aliphatic heterocycles. The predicted octanol–water partition coefficient (Wildman–Crippen LogP) is 5.32. The highest BCUT2D eigenvalue weighted by Gasteiger charge is 2.27. The van der Waals surface area contributed by atoms with Gasteiger partial charge >= 0.3 is 0 Å². The molecule has 0 spiro atoms. The standard InChI is InChI=1S/C18H28BrNO/c1-4-13-6-8-14(9-7-13)18(20-5-2)15-10-11-17(21-3)16(19)12-15/h10-14,18,20H,4-9H2,1-3H3. The smallest absolute Gasteiger partial charge is 0.133 e. The van der Waals surface area contributed by atoms with E-state index < -0.39 is 0 Å². The van der Waals surface area contributed by atoms with Crippen molar-refractivity contribution in [2.24, 2.45) is 11.8 Å². The molecule has 0 aromatic heterocycles. The maximum Gasteiger partial charge on any atom is 0.133 e. The number of ether oxygens (including phenoxy) is 1. The number of rotatable bonds is 6. The van der Waals surface area contributed by atoms with Crippen molar-refractivity contribution in [2.75, 3.05) is 13.7 Å². The van der Waals surface area contributed by atoms with E-state index in [0.29, 0.717) is 6.04 Å². The SMILES string of the molecule is CCNC(c1ccc(OC)c(Br)c1)C1CCC(CC)CC1. The normalized spacial score (nSPS) is 23.8. The lowest BCUT2D eigenvalue weighted by atomic mass is 9.76. The third kappa shape index (κ3) is 4.23. The van der Waals surface area contributed by atoms with Crippen LogP contribution in [-0.2, 0) is 0 Å². The van der Waals surface area contributed by atoms with Crippen molar-refractivity contribution in [3.05, 3.63) is 28.2 Å². The molecule has 1 fully saturated rings. The summed E-state index contributed by atoms with van der Waals surface area (Å²) in [6, 6.07) is 6.97. The molecule has 0 amide bonds. The third-order valence-electron chi connectivity index (χ3n) is 4.90. The Morgan fingerprint density at radius 1 is 1.24 bits per heavy atom. The van der Waals surface area contributed by atoms with Gasteiger partial charge in [-0.15, -0.1) is 0 Å². The summed E-state index contributed by atoms with van der Waals surface area (Å²) in [5, 5.41) is 3.70. The van der Waals surface area contributed by atoms with Crippen LogP contribution in [-0.4, -0.2) is 13.7 Å². The molecule has 1 aliphatic rings. The Labute approximate surface area is 137 Å². The Bertz CT molecular complexity index is 441. The fraction of sp³-hybridized carbons (Fsp3) is 0.667. The highest BCUT2D eigenvalue weighted by Crippen LogP contribution is 2.39. The minimum atomic E-state index is 0.468.